The summed E-state index contributed by atoms with van der Waals surface area (Å²) in [6.07, 6.45) is 7.49. The number of anilines is 2. The molecule has 0 spiro atoms. The zero-order valence-electron chi connectivity index (χ0n) is 27.3. The Morgan fingerprint density at radius 2 is 1.70 bits per heavy atom. The molecule has 2 bridgehead atoms. The molecule has 46 heavy (non-hydrogen) atoms. The van der Waals surface area contributed by atoms with Gasteiger partial charge in [-0.15, -0.1) is 0 Å². The van der Waals surface area contributed by atoms with Crippen molar-refractivity contribution in [2.45, 2.75) is 96.8 Å². The molecule has 2 aromatic carbocycles. The van der Waals surface area contributed by atoms with E-state index < -0.39 is 10.0 Å². The van der Waals surface area contributed by atoms with Crippen molar-refractivity contribution in [3.63, 3.8) is 0 Å². The van der Waals surface area contributed by atoms with E-state index >= 15 is 0 Å². The van der Waals surface area contributed by atoms with Gasteiger partial charge in [0.25, 0.3) is 0 Å². The molecule has 2 unspecified atom stereocenters. The van der Waals surface area contributed by atoms with Gasteiger partial charge in [0.1, 0.15) is 11.6 Å². The number of urea groups is 1. The first-order valence-corrected chi connectivity index (χ1v) is 18.4. The van der Waals surface area contributed by atoms with Crippen LogP contribution in [0, 0.1) is 19.7 Å². The molecule has 6 rings (SSSR count). The first-order valence-electron chi connectivity index (χ1n) is 16.8. The van der Waals surface area contributed by atoms with Crippen LogP contribution < -0.4 is 10.2 Å². The van der Waals surface area contributed by atoms with Gasteiger partial charge in [-0.2, -0.15) is 4.31 Å². The lowest BCUT2D eigenvalue weighted by molar-refractivity contribution is 0.104. The molecule has 2 fully saturated rings. The van der Waals surface area contributed by atoms with Crippen molar-refractivity contribution >= 4 is 27.4 Å². The molecule has 0 radical (unpaired) electrons. The number of nitrogens with one attached hydrogen (secondary N) is 1. The summed E-state index contributed by atoms with van der Waals surface area (Å²) in [6, 6.07) is 14.9. The Balaban J connectivity index is 1.09. The second-order valence-corrected chi connectivity index (χ2v) is 15.3. The van der Waals surface area contributed by atoms with Crippen LogP contribution in [0.2, 0.25) is 0 Å². The minimum absolute atomic E-state index is 0.208. The summed E-state index contributed by atoms with van der Waals surface area (Å²) in [5.41, 5.74) is 4.65. The van der Waals surface area contributed by atoms with E-state index in [4.69, 9.17) is 4.98 Å². The van der Waals surface area contributed by atoms with Crippen LogP contribution in [0.1, 0.15) is 80.7 Å². The quantitative estimate of drug-likeness (QED) is 0.259. The third kappa shape index (κ3) is 7.01. The molecular weight excluding hydrogens is 603 g/mol. The number of rotatable bonds is 11. The van der Waals surface area contributed by atoms with Gasteiger partial charge < -0.3 is 9.88 Å². The highest BCUT2D eigenvalue weighted by molar-refractivity contribution is 7.89. The monoisotopic (exact) mass is 650 g/mol. The van der Waals surface area contributed by atoms with E-state index in [1.165, 1.54) is 17.8 Å². The van der Waals surface area contributed by atoms with Crippen LogP contribution in [0.5, 0.6) is 0 Å². The molecule has 2 atom stereocenters. The van der Waals surface area contributed by atoms with Crippen molar-refractivity contribution in [3.05, 3.63) is 77.1 Å². The van der Waals surface area contributed by atoms with Crippen molar-refractivity contribution < 1.29 is 17.6 Å². The van der Waals surface area contributed by atoms with E-state index in [1.54, 1.807) is 21.3 Å². The predicted octanol–water partition coefficient (Wildman–Crippen LogP) is 6.42. The number of nitrogens with zero attached hydrogens (tertiary/aromatic N) is 5. The van der Waals surface area contributed by atoms with Gasteiger partial charge in [-0.25, -0.2) is 22.6 Å². The molecule has 1 aromatic heterocycles. The first-order chi connectivity index (χ1) is 22.1. The van der Waals surface area contributed by atoms with E-state index in [0.717, 1.165) is 67.8 Å². The van der Waals surface area contributed by atoms with Gasteiger partial charge in [0, 0.05) is 61.2 Å². The number of carbonyl (C=O) groups is 1. The number of fused-ring (bicyclic) bond motifs is 3. The fourth-order valence-electron chi connectivity index (χ4n) is 7.72. The van der Waals surface area contributed by atoms with Crippen LogP contribution in [0.15, 0.2) is 48.5 Å². The topological polar surface area (TPSA) is 90.8 Å². The molecule has 248 valence electrons. The number of aryl methyl sites for hydroxylation is 2. The number of hydrogen-bond donors (Lipinski definition) is 1. The second kappa shape index (κ2) is 13.8. The Kier molecular flexibility index (Phi) is 9.82. The molecule has 11 heteroatoms. The van der Waals surface area contributed by atoms with Crippen molar-refractivity contribution in [3.8, 4) is 0 Å². The SMILES string of the molecule is CCCCS(=O)(=O)N1CCc2c(nc(C)n2C2CC3CCC(C2)N3CCCN(C(=O)Nc2ccc(C)cc2)c2ccc(F)cc2)C1. The molecular formula is C35H47FN6O3S. The lowest BCUT2D eigenvalue weighted by atomic mass is 9.96. The molecule has 1 N–H and O–H groups in total. The third-order valence-electron chi connectivity index (χ3n) is 10.1. The van der Waals surface area contributed by atoms with Crippen LogP contribution in [-0.4, -0.2) is 70.7 Å². The fraction of sp³-hybridized carbons (Fsp3) is 0.543. The predicted molar refractivity (Wildman–Crippen MR) is 180 cm³/mol. The van der Waals surface area contributed by atoms with Gasteiger partial charge in [-0.05, 0) is 88.8 Å². The molecule has 3 aromatic rings. The first kappa shape index (κ1) is 32.7. The van der Waals surface area contributed by atoms with Crippen LogP contribution in [0.3, 0.4) is 0 Å². The molecule has 9 nitrogen and oxygen atoms in total. The third-order valence-corrected chi connectivity index (χ3v) is 12.0. The molecule has 3 aliphatic heterocycles. The molecule has 2 amide bonds. The number of amides is 2. The normalized spacial score (nSPS) is 21.7. The maximum atomic E-state index is 13.7. The maximum Gasteiger partial charge on any atom is 0.326 e. The number of hydrogen-bond acceptors (Lipinski definition) is 5. The van der Waals surface area contributed by atoms with E-state index in [1.807, 2.05) is 38.1 Å². The van der Waals surface area contributed by atoms with Gasteiger partial charge in [0.05, 0.1) is 18.0 Å². The highest BCUT2D eigenvalue weighted by Gasteiger charge is 2.42. The highest BCUT2D eigenvalue weighted by atomic mass is 32.2. The van der Waals surface area contributed by atoms with E-state index in [2.05, 4.69) is 21.7 Å². The molecule has 2 saturated heterocycles. The Bertz CT molecular complexity index is 1610. The number of benzene rings is 2. The smallest absolute Gasteiger partial charge is 0.326 e. The summed E-state index contributed by atoms with van der Waals surface area (Å²) in [6.45, 7) is 8.41. The van der Waals surface area contributed by atoms with Gasteiger partial charge in [-0.3, -0.25) is 9.80 Å². The molecule has 4 heterocycles. The summed E-state index contributed by atoms with van der Waals surface area (Å²) < 4.78 is 43.5. The average Bonchev–Trinajstić information content (AvgIpc) is 3.49. The zero-order chi connectivity index (χ0) is 32.4. The van der Waals surface area contributed by atoms with Crippen molar-refractivity contribution in [2.24, 2.45) is 0 Å². The van der Waals surface area contributed by atoms with E-state index in [0.29, 0.717) is 56.3 Å². The minimum atomic E-state index is -3.26. The number of carbonyl (C=O) groups excluding carboxylic acids is 1. The highest BCUT2D eigenvalue weighted by Crippen LogP contribution is 2.42. The number of sulfonamides is 1. The van der Waals surface area contributed by atoms with Gasteiger partial charge in [0.2, 0.25) is 10.0 Å². The van der Waals surface area contributed by atoms with Gasteiger partial charge >= 0.3 is 6.03 Å². The Morgan fingerprint density at radius 3 is 2.37 bits per heavy atom. The number of aromatic nitrogens is 2. The number of halogens is 1. The van der Waals surface area contributed by atoms with E-state index in [-0.39, 0.29) is 17.6 Å². The lowest BCUT2D eigenvalue weighted by Gasteiger charge is -2.41. The van der Waals surface area contributed by atoms with E-state index in [9.17, 15) is 17.6 Å². The molecule has 3 aliphatic rings. The number of unbranched alkanes of at least 4 members (excludes halogenated alkanes) is 1. The summed E-state index contributed by atoms with van der Waals surface area (Å²) in [5, 5.41) is 3.01. The van der Waals surface area contributed by atoms with Gasteiger partial charge in [-0.1, -0.05) is 31.0 Å². The van der Waals surface area contributed by atoms with Crippen LogP contribution >= 0.6 is 0 Å². The summed E-state index contributed by atoms with van der Waals surface area (Å²) >= 11 is 0. The summed E-state index contributed by atoms with van der Waals surface area (Å²) in [5.74, 6) is 0.871. The Morgan fingerprint density at radius 1 is 1.00 bits per heavy atom. The fourth-order valence-corrected chi connectivity index (χ4v) is 9.32. The standard InChI is InChI=1S/C35H47FN6O3S/c1-4-5-21-46(44,45)39-20-17-34-33(24-39)37-26(3)42(34)32-22-30-15-16-31(23-32)40(30)18-6-19-41(29-13-9-27(36)10-14-29)35(43)38-28-11-7-25(2)8-12-28/h7-14,30-32H,4-6,15-24H2,1-3H3,(H,38,43). The lowest BCUT2D eigenvalue weighted by Crippen LogP contribution is -2.45. The average molecular weight is 651 g/mol. The van der Waals surface area contributed by atoms with Crippen LogP contribution in [0.4, 0.5) is 20.6 Å². The Labute approximate surface area is 272 Å². The number of imidazole rings is 1. The minimum Gasteiger partial charge on any atom is -0.329 e. The van der Waals surface area contributed by atoms with Crippen molar-refractivity contribution in [1.82, 2.24) is 18.8 Å². The molecule has 0 saturated carbocycles. The largest absolute Gasteiger partial charge is 0.329 e. The van der Waals surface area contributed by atoms with Gasteiger partial charge in [0.15, 0.2) is 0 Å². The van der Waals surface area contributed by atoms with Crippen LogP contribution in [-0.2, 0) is 23.0 Å². The van der Waals surface area contributed by atoms with Crippen molar-refractivity contribution in [1.29, 1.82) is 0 Å². The number of piperidine rings is 1. The van der Waals surface area contributed by atoms with Crippen molar-refractivity contribution in [2.75, 3.05) is 35.6 Å². The summed E-state index contributed by atoms with van der Waals surface area (Å²) in [4.78, 5) is 22.7. The molecule has 0 aliphatic carbocycles. The maximum absolute atomic E-state index is 13.7. The second-order valence-electron chi connectivity index (χ2n) is 13.2. The Hall–Kier alpha value is -3.28. The summed E-state index contributed by atoms with van der Waals surface area (Å²) in [7, 11) is -3.26. The zero-order valence-corrected chi connectivity index (χ0v) is 28.1. The van der Waals surface area contributed by atoms with Crippen LogP contribution in [0.25, 0.3) is 0 Å².